The van der Waals surface area contributed by atoms with E-state index in [1.807, 2.05) is 56.5 Å². The van der Waals surface area contributed by atoms with E-state index in [-0.39, 0.29) is 11.5 Å². The largest absolute Gasteiger partial charge is 0.325 e. The summed E-state index contributed by atoms with van der Waals surface area (Å²) in [5.41, 5.74) is 4.71. The summed E-state index contributed by atoms with van der Waals surface area (Å²) < 4.78 is 1.69. The van der Waals surface area contributed by atoms with Crippen LogP contribution in [0.15, 0.2) is 52.4 Å². The lowest BCUT2D eigenvalue weighted by atomic mass is 9.97. The summed E-state index contributed by atoms with van der Waals surface area (Å²) >= 11 is 1.36. The molecule has 0 aliphatic carbocycles. The molecular formula is C21H21N4O2S+. The Morgan fingerprint density at radius 3 is 2.68 bits per heavy atom. The van der Waals surface area contributed by atoms with Crippen molar-refractivity contribution in [1.82, 2.24) is 10.1 Å². The van der Waals surface area contributed by atoms with Crippen LogP contribution in [0.25, 0.3) is 11.3 Å². The van der Waals surface area contributed by atoms with Crippen LogP contribution in [0.4, 0.5) is 5.69 Å². The molecule has 0 radical (unpaired) electrons. The maximum Gasteiger partial charge on any atom is 0.325 e. The van der Waals surface area contributed by atoms with Crippen LogP contribution in [-0.4, -0.2) is 22.2 Å². The lowest BCUT2D eigenvalue weighted by Gasteiger charge is -2.32. The van der Waals surface area contributed by atoms with E-state index in [1.54, 1.807) is 16.5 Å². The number of rotatable bonds is 2. The van der Waals surface area contributed by atoms with E-state index in [0.717, 1.165) is 16.7 Å². The SMILES string of the molecule is CSc1n[n+]2c(c(=O)[nH]1)-c1ccccc1N(C(C)=O)C2c1cc(C)ccc1C. The van der Waals surface area contributed by atoms with E-state index >= 15 is 0 Å². The van der Waals surface area contributed by atoms with Gasteiger partial charge in [-0.05, 0) is 48.5 Å². The van der Waals surface area contributed by atoms with E-state index in [0.29, 0.717) is 22.1 Å². The fraction of sp³-hybridized carbons (Fsp3) is 0.238. The van der Waals surface area contributed by atoms with Crippen molar-refractivity contribution < 1.29 is 9.48 Å². The first-order chi connectivity index (χ1) is 13.4. The number of nitrogens with one attached hydrogen (secondary N) is 1. The number of aromatic amines is 1. The molecule has 2 aromatic carbocycles. The van der Waals surface area contributed by atoms with Crippen molar-refractivity contribution in [3.8, 4) is 11.3 Å². The van der Waals surface area contributed by atoms with Crippen molar-refractivity contribution >= 4 is 23.4 Å². The molecule has 7 heteroatoms. The number of aromatic nitrogens is 3. The Balaban J connectivity index is 2.13. The Hall–Kier alpha value is -2.93. The second-order valence-electron chi connectivity index (χ2n) is 6.90. The molecule has 1 unspecified atom stereocenters. The molecule has 0 saturated heterocycles. The van der Waals surface area contributed by atoms with Crippen LogP contribution < -0.4 is 15.1 Å². The van der Waals surface area contributed by atoms with Gasteiger partial charge in [-0.1, -0.05) is 41.6 Å². The molecule has 0 saturated carbocycles. The van der Waals surface area contributed by atoms with E-state index in [1.165, 1.54) is 11.8 Å². The van der Waals surface area contributed by atoms with Gasteiger partial charge >= 0.3 is 11.3 Å². The second-order valence-corrected chi connectivity index (χ2v) is 7.69. The van der Waals surface area contributed by atoms with Gasteiger partial charge in [0.25, 0.3) is 6.17 Å². The van der Waals surface area contributed by atoms with Gasteiger partial charge in [0.05, 0.1) is 11.3 Å². The first kappa shape index (κ1) is 18.4. The van der Waals surface area contributed by atoms with Gasteiger partial charge in [-0.2, -0.15) is 0 Å². The molecule has 2 heterocycles. The minimum atomic E-state index is -0.532. The number of amides is 1. The van der Waals surface area contributed by atoms with Crippen molar-refractivity contribution in [2.75, 3.05) is 11.2 Å². The molecule has 0 spiro atoms. The Bertz CT molecular complexity index is 1160. The van der Waals surface area contributed by atoms with Gasteiger partial charge in [0.2, 0.25) is 11.1 Å². The molecule has 1 aliphatic heterocycles. The first-order valence-electron chi connectivity index (χ1n) is 8.99. The number of anilines is 1. The minimum absolute atomic E-state index is 0.107. The van der Waals surface area contributed by atoms with Gasteiger partial charge in [0.1, 0.15) is 0 Å². The van der Waals surface area contributed by atoms with E-state index < -0.39 is 6.17 Å². The average Bonchev–Trinajstić information content (AvgIpc) is 2.68. The topological polar surface area (TPSA) is 69.9 Å². The van der Waals surface area contributed by atoms with Crippen LogP contribution in [0, 0.1) is 13.8 Å². The number of carbonyl (C=O) groups is 1. The predicted molar refractivity (Wildman–Crippen MR) is 109 cm³/mol. The molecule has 142 valence electrons. The van der Waals surface area contributed by atoms with Crippen LogP contribution >= 0.6 is 11.8 Å². The summed E-state index contributed by atoms with van der Waals surface area (Å²) in [4.78, 5) is 30.3. The highest BCUT2D eigenvalue weighted by molar-refractivity contribution is 7.98. The normalized spacial score (nSPS) is 15.1. The summed E-state index contributed by atoms with van der Waals surface area (Å²) in [6.07, 6.45) is 1.33. The fourth-order valence-corrected chi connectivity index (χ4v) is 4.09. The van der Waals surface area contributed by atoms with E-state index in [4.69, 9.17) is 0 Å². The zero-order valence-corrected chi connectivity index (χ0v) is 17.0. The number of H-pyrrole nitrogens is 1. The Morgan fingerprint density at radius 2 is 1.96 bits per heavy atom. The lowest BCUT2D eigenvalue weighted by molar-refractivity contribution is -0.763. The first-order valence-corrected chi connectivity index (χ1v) is 10.2. The molecule has 28 heavy (non-hydrogen) atoms. The van der Waals surface area contributed by atoms with Gasteiger partial charge in [-0.25, -0.2) is 4.90 Å². The Labute approximate surface area is 167 Å². The summed E-state index contributed by atoms with van der Waals surface area (Å²) in [7, 11) is 0. The minimum Gasteiger partial charge on any atom is -0.291 e. The Morgan fingerprint density at radius 1 is 1.21 bits per heavy atom. The molecule has 0 fully saturated rings. The summed E-state index contributed by atoms with van der Waals surface area (Å²) in [5, 5.41) is 5.19. The molecule has 6 nitrogen and oxygen atoms in total. The van der Waals surface area contributed by atoms with Crippen molar-refractivity contribution in [3.05, 3.63) is 69.5 Å². The number of hydrogen-bond donors (Lipinski definition) is 1. The molecule has 1 aromatic heterocycles. The average molecular weight is 393 g/mol. The van der Waals surface area contributed by atoms with Crippen LogP contribution in [0.5, 0.6) is 0 Å². The molecule has 4 rings (SSSR count). The van der Waals surface area contributed by atoms with Crippen molar-refractivity contribution in [1.29, 1.82) is 0 Å². The van der Waals surface area contributed by atoms with Gasteiger partial charge in [0.15, 0.2) is 0 Å². The Kier molecular flexibility index (Phi) is 4.55. The smallest absolute Gasteiger partial charge is 0.291 e. The van der Waals surface area contributed by atoms with Gasteiger partial charge in [-0.15, -0.1) is 0 Å². The maximum atomic E-state index is 13.0. The summed E-state index contributed by atoms with van der Waals surface area (Å²) in [5.74, 6) is -0.107. The fourth-order valence-electron chi connectivity index (χ4n) is 3.72. The predicted octanol–water partition coefficient (Wildman–Crippen LogP) is 2.98. The number of benzene rings is 2. The van der Waals surface area contributed by atoms with Gasteiger partial charge in [0, 0.05) is 17.6 Å². The molecular weight excluding hydrogens is 372 g/mol. The van der Waals surface area contributed by atoms with Crippen molar-refractivity contribution in [3.63, 3.8) is 0 Å². The number of carbonyl (C=O) groups excluding carboxylic acids is 1. The number of para-hydroxylation sites is 1. The maximum absolute atomic E-state index is 13.0. The van der Waals surface area contributed by atoms with Gasteiger partial charge < -0.3 is 0 Å². The van der Waals surface area contributed by atoms with E-state index in [9.17, 15) is 9.59 Å². The third-order valence-corrected chi connectivity index (χ3v) is 5.57. The third-order valence-electron chi connectivity index (χ3n) is 5.00. The molecule has 1 aliphatic rings. The standard InChI is InChI=1S/C21H20N4O2S/c1-12-9-10-13(2)16(11-12)20-24(14(3)26)17-8-6-5-7-15(17)18-19(27)22-21(28-4)23-25(18)20/h5-11,20H,1-4H3/p+1. The summed E-state index contributed by atoms with van der Waals surface area (Å²) in [6, 6.07) is 13.6. The molecule has 1 N–H and O–H groups in total. The van der Waals surface area contributed by atoms with Crippen LogP contribution in [0.3, 0.4) is 0 Å². The number of aryl methyl sites for hydroxylation is 2. The van der Waals surface area contributed by atoms with E-state index in [2.05, 4.69) is 16.1 Å². The monoisotopic (exact) mass is 393 g/mol. The highest BCUT2D eigenvalue weighted by Gasteiger charge is 2.45. The van der Waals surface area contributed by atoms with Gasteiger partial charge in [-0.3, -0.25) is 14.6 Å². The number of thioether (sulfide) groups is 1. The number of nitrogens with zero attached hydrogens (tertiary/aromatic N) is 3. The second kappa shape index (κ2) is 6.91. The zero-order chi connectivity index (χ0) is 20.0. The van der Waals surface area contributed by atoms with Crippen molar-refractivity contribution in [2.24, 2.45) is 0 Å². The number of fused-ring (bicyclic) bond motifs is 3. The zero-order valence-electron chi connectivity index (χ0n) is 16.2. The molecule has 0 bridgehead atoms. The highest BCUT2D eigenvalue weighted by atomic mass is 32.2. The number of hydrogen-bond acceptors (Lipinski definition) is 4. The van der Waals surface area contributed by atoms with Crippen LogP contribution in [0.2, 0.25) is 0 Å². The van der Waals surface area contributed by atoms with Crippen LogP contribution in [-0.2, 0) is 4.79 Å². The molecule has 3 aromatic rings. The van der Waals surface area contributed by atoms with Crippen LogP contribution in [0.1, 0.15) is 29.8 Å². The molecule has 1 atom stereocenters. The third kappa shape index (κ3) is 2.82. The quantitative estimate of drug-likeness (QED) is 0.537. The highest BCUT2D eigenvalue weighted by Crippen LogP contribution is 2.38. The summed E-state index contributed by atoms with van der Waals surface area (Å²) in [6.45, 7) is 5.57. The lowest BCUT2D eigenvalue weighted by Crippen LogP contribution is -2.60. The molecule has 1 amide bonds. The van der Waals surface area contributed by atoms with Crippen molar-refractivity contribution in [2.45, 2.75) is 32.1 Å².